The van der Waals surface area contributed by atoms with E-state index in [4.69, 9.17) is 9.47 Å². The highest BCUT2D eigenvalue weighted by Gasteiger charge is 2.18. The van der Waals surface area contributed by atoms with Crippen LogP contribution in [0.5, 0.6) is 11.5 Å². The summed E-state index contributed by atoms with van der Waals surface area (Å²) in [6.07, 6.45) is 0. The molecule has 2 rings (SSSR count). The second-order valence-corrected chi connectivity index (χ2v) is 4.80. The third-order valence-electron chi connectivity index (χ3n) is 3.06. The number of rotatable bonds is 5. The summed E-state index contributed by atoms with van der Waals surface area (Å²) in [5.41, 5.74) is 0.354. The lowest BCUT2D eigenvalue weighted by Crippen LogP contribution is -2.37. The predicted octanol–water partition coefficient (Wildman–Crippen LogP) is 1.91. The average molecular weight is 344 g/mol. The number of amides is 3. The number of ether oxygens (including phenoxy) is 2. The molecule has 0 radical (unpaired) electrons. The number of aromatic hydroxyl groups is 1. The Morgan fingerprint density at radius 3 is 2.44 bits per heavy atom. The molecule has 0 unspecified atom stereocenters. The van der Waals surface area contributed by atoms with Gasteiger partial charge in [-0.25, -0.2) is 9.59 Å². The van der Waals surface area contributed by atoms with Gasteiger partial charge in [-0.3, -0.25) is 10.1 Å². The van der Waals surface area contributed by atoms with Crippen molar-refractivity contribution in [1.29, 1.82) is 0 Å². The minimum absolute atomic E-state index is 0.0983. The Morgan fingerprint density at radius 1 is 1.04 bits per heavy atom. The summed E-state index contributed by atoms with van der Waals surface area (Å²) >= 11 is 0. The molecule has 25 heavy (non-hydrogen) atoms. The Bertz CT molecular complexity index is 776. The van der Waals surface area contributed by atoms with Gasteiger partial charge >= 0.3 is 12.0 Å². The highest BCUT2D eigenvalue weighted by atomic mass is 16.5. The first-order valence-electron chi connectivity index (χ1n) is 7.20. The van der Waals surface area contributed by atoms with Crippen molar-refractivity contribution in [2.24, 2.45) is 0 Å². The Morgan fingerprint density at radius 2 is 1.76 bits per heavy atom. The van der Waals surface area contributed by atoms with Crippen molar-refractivity contribution in [3.05, 3.63) is 54.1 Å². The summed E-state index contributed by atoms with van der Waals surface area (Å²) in [7, 11) is 1.34. The van der Waals surface area contributed by atoms with E-state index >= 15 is 0 Å². The highest BCUT2D eigenvalue weighted by molar-refractivity contribution is 6.02. The van der Waals surface area contributed by atoms with Gasteiger partial charge in [0, 0.05) is 5.69 Å². The van der Waals surface area contributed by atoms with Crippen LogP contribution < -0.4 is 15.4 Å². The lowest BCUT2D eigenvalue weighted by Gasteiger charge is -2.09. The Hall–Kier alpha value is -3.55. The molecule has 0 aliphatic heterocycles. The highest BCUT2D eigenvalue weighted by Crippen LogP contribution is 2.29. The molecule has 0 aromatic heterocycles. The third kappa shape index (κ3) is 4.96. The van der Waals surface area contributed by atoms with Crippen LogP contribution in [0, 0.1) is 0 Å². The number of para-hydroxylation sites is 2. The van der Waals surface area contributed by atoms with Gasteiger partial charge in [0.15, 0.2) is 18.1 Å². The van der Waals surface area contributed by atoms with Gasteiger partial charge in [-0.2, -0.15) is 0 Å². The van der Waals surface area contributed by atoms with Crippen molar-refractivity contribution in [3.8, 4) is 11.5 Å². The molecule has 0 saturated carbocycles. The smallest absolute Gasteiger partial charge is 0.342 e. The van der Waals surface area contributed by atoms with Gasteiger partial charge in [0.2, 0.25) is 0 Å². The second-order valence-electron chi connectivity index (χ2n) is 4.80. The van der Waals surface area contributed by atoms with Crippen LogP contribution in [0.3, 0.4) is 0 Å². The van der Waals surface area contributed by atoms with E-state index in [-0.39, 0.29) is 11.3 Å². The van der Waals surface area contributed by atoms with Crippen LogP contribution in [0.2, 0.25) is 0 Å². The fourth-order valence-electron chi connectivity index (χ4n) is 1.91. The summed E-state index contributed by atoms with van der Waals surface area (Å²) in [6.45, 7) is -0.683. The molecule has 8 heteroatoms. The minimum atomic E-state index is -0.921. The molecule has 3 amide bonds. The summed E-state index contributed by atoms with van der Waals surface area (Å²) in [5.74, 6) is -2.03. The van der Waals surface area contributed by atoms with Crippen LogP contribution in [0.1, 0.15) is 10.4 Å². The van der Waals surface area contributed by atoms with Crippen LogP contribution in [0.15, 0.2) is 48.5 Å². The third-order valence-corrected chi connectivity index (χ3v) is 3.06. The maximum absolute atomic E-state index is 11.9. The number of hydrogen-bond acceptors (Lipinski definition) is 6. The fourth-order valence-corrected chi connectivity index (χ4v) is 1.91. The lowest BCUT2D eigenvalue weighted by atomic mass is 10.2. The van der Waals surface area contributed by atoms with Gasteiger partial charge in [-0.15, -0.1) is 0 Å². The molecule has 0 saturated heterocycles. The van der Waals surface area contributed by atoms with Gasteiger partial charge in [0.25, 0.3) is 5.91 Å². The van der Waals surface area contributed by atoms with E-state index in [2.05, 4.69) is 5.32 Å². The molecule has 0 aliphatic rings. The van der Waals surface area contributed by atoms with E-state index < -0.39 is 30.3 Å². The number of anilines is 1. The number of hydrogen-bond donors (Lipinski definition) is 3. The molecular weight excluding hydrogens is 328 g/mol. The Kier molecular flexibility index (Phi) is 5.94. The van der Waals surface area contributed by atoms with E-state index in [1.165, 1.54) is 25.3 Å². The number of phenolic OH excluding ortho intramolecular Hbond substituents is 1. The number of urea groups is 1. The number of imide groups is 1. The number of carbonyl (C=O) groups is 3. The molecular formula is C17H16N2O6. The zero-order chi connectivity index (χ0) is 18.2. The van der Waals surface area contributed by atoms with E-state index in [0.717, 1.165) is 0 Å². The quantitative estimate of drug-likeness (QED) is 0.714. The predicted molar refractivity (Wildman–Crippen MR) is 88.5 cm³/mol. The summed E-state index contributed by atoms with van der Waals surface area (Å²) in [6, 6.07) is 12.0. The number of esters is 1. The number of phenols is 1. The maximum Gasteiger partial charge on any atom is 0.342 e. The Labute approximate surface area is 143 Å². The van der Waals surface area contributed by atoms with E-state index in [1.807, 2.05) is 5.32 Å². The van der Waals surface area contributed by atoms with Crippen molar-refractivity contribution in [3.63, 3.8) is 0 Å². The van der Waals surface area contributed by atoms with Gasteiger partial charge in [-0.05, 0) is 24.3 Å². The van der Waals surface area contributed by atoms with Crippen LogP contribution in [-0.4, -0.2) is 36.7 Å². The monoisotopic (exact) mass is 344 g/mol. The zero-order valence-electron chi connectivity index (χ0n) is 13.3. The number of benzene rings is 2. The molecule has 0 spiro atoms. The van der Waals surface area contributed by atoms with Crippen LogP contribution in [-0.2, 0) is 9.53 Å². The summed E-state index contributed by atoms with van der Waals surface area (Å²) < 4.78 is 9.66. The van der Waals surface area contributed by atoms with Crippen molar-refractivity contribution >= 4 is 23.6 Å². The van der Waals surface area contributed by atoms with Gasteiger partial charge in [-0.1, -0.05) is 24.3 Å². The normalized spacial score (nSPS) is 9.80. The van der Waals surface area contributed by atoms with Crippen molar-refractivity contribution in [2.75, 3.05) is 19.0 Å². The van der Waals surface area contributed by atoms with E-state index in [0.29, 0.717) is 5.69 Å². The first-order chi connectivity index (χ1) is 12.0. The van der Waals surface area contributed by atoms with Gasteiger partial charge in [0.05, 0.1) is 7.11 Å². The largest absolute Gasteiger partial charge is 0.504 e. The van der Waals surface area contributed by atoms with Crippen molar-refractivity contribution in [1.82, 2.24) is 5.32 Å². The molecule has 2 aromatic rings. The zero-order valence-corrected chi connectivity index (χ0v) is 13.3. The van der Waals surface area contributed by atoms with Crippen molar-refractivity contribution in [2.45, 2.75) is 0 Å². The lowest BCUT2D eigenvalue weighted by molar-refractivity contribution is -0.123. The van der Waals surface area contributed by atoms with Gasteiger partial charge in [0.1, 0.15) is 5.56 Å². The first-order valence-corrected chi connectivity index (χ1v) is 7.20. The molecule has 8 nitrogen and oxygen atoms in total. The van der Waals surface area contributed by atoms with Crippen LogP contribution in [0.4, 0.5) is 10.5 Å². The number of carbonyl (C=O) groups excluding carboxylic acids is 3. The molecule has 0 fully saturated rings. The number of nitrogens with one attached hydrogen (secondary N) is 2. The van der Waals surface area contributed by atoms with Gasteiger partial charge < -0.3 is 19.9 Å². The Balaban J connectivity index is 1.85. The van der Waals surface area contributed by atoms with Crippen LogP contribution in [0.25, 0.3) is 0 Å². The van der Waals surface area contributed by atoms with Crippen LogP contribution >= 0.6 is 0 Å². The molecule has 0 atom stereocenters. The minimum Gasteiger partial charge on any atom is -0.504 e. The molecule has 3 N–H and O–H groups in total. The summed E-state index contributed by atoms with van der Waals surface area (Å²) in [4.78, 5) is 35.2. The first kappa shape index (κ1) is 17.8. The fraction of sp³-hybridized carbons (Fsp3) is 0.118. The average Bonchev–Trinajstić information content (AvgIpc) is 2.60. The van der Waals surface area contributed by atoms with E-state index in [1.54, 1.807) is 30.3 Å². The molecule has 130 valence electrons. The topological polar surface area (TPSA) is 114 Å². The number of methoxy groups -OCH3 is 1. The molecule has 2 aromatic carbocycles. The SMILES string of the molecule is COc1cccc(C(=O)OCC(=O)NC(=O)Nc2ccccc2)c1O. The maximum atomic E-state index is 11.9. The molecule has 0 aliphatic carbocycles. The van der Waals surface area contributed by atoms with E-state index in [9.17, 15) is 19.5 Å². The standard InChI is InChI=1S/C17H16N2O6/c1-24-13-9-5-8-12(15(13)21)16(22)25-10-14(20)19-17(23)18-11-6-3-2-4-7-11/h2-9,21H,10H2,1H3,(H2,18,19,20,23). The second kappa shape index (κ2) is 8.34. The molecule has 0 heterocycles. The molecule has 0 bridgehead atoms. The van der Waals surface area contributed by atoms with Crippen molar-refractivity contribution < 1.29 is 29.0 Å². The summed E-state index contributed by atoms with van der Waals surface area (Å²) in [5, 5.41) is 14.3.